The molecule has 3 aromatic carbocycles. The maximum atomic E-state index is 15.5. The number of hydrogen-bond donors (Lipinski definition) is 0. The van der Waals surface area contributed by atoms with Crippen LogP contribution in [-0.4, -0.2) is 30.4 Å². The average Bonchev–Trinajstić information content (AvgIpc) is 3.28. The standard InChI is InChI=1S/C29H36NO3PS/c1-22(2)26-21-27(35(32,33)25-19-13-8-14-20-25)28(29(3,4)5)30(26)34(31,23-15-9-6-10-16-23)24-17-11-7-12-18-24/h6-20,22,26-28H,21H2,1-5H3/t26-,27+,28+/m1/s1. The van der Waals surface area contributed by atoms with Crippen LogP contribution in [0.4, 0.5) is 0 Å². The van der Waals surface area contributed by atoms with Gasteiger partial charge in [0.2, 0.25) is 7.29 Å². The van der Waals surface area contributed by atoms with Gasteiger partial charge in [0, 0.05) is 22.7 Å². The Morgan fingerprint density at radius 3 is 1.63 bits per heavy atom. The first-order valence-electron chi connectivity index (χ1n) is 12.3. The maximum Gasteiger partial charge on any atom is 0.207 e. The number of nitrogens with zero attached hydrogens (tertiary/aromatic N) is 1. The van der Waals surface area contributed by atoms with Gasteiger partial charge in [0.15, 0.2) is 9.84 Å². The van der Waals surface area contributed by atoms with Gasteiger partial charge in [-0.05, 0) is 54.2 Å². The van der Waals surface area contributed by atoms with Crippen LogP contribution in [0.1, 0.15) is 41.0 Å². The number of rotatable bonds is 6. The quantitative estimate of drug-likeness (QED) is 0.388. The highest BCUT2D eigenvalue weighted by atomic mass is 32.2. The van der Waals surface area contributed by atoms with Crippen molar-refractivity contribution < 1.29 is 13.0 Å². The van der Waals surface area contributed by atoms with E-state index in [0.717, 1.165) is 10.6 Å². The Hall–Kier alpha value is -2.20. The fourth-order valence-electron chi connectivity index (χ4n) is 5.52. The van der Waals surface area contributed by atoms with Gasteiger partial charge in [-0.2, -0.15) is 0 Å². The molecule has 186 valence electrons. The van der Waals surface area contributed by atoms with E-state index in [-0.39, 0.29) is 12.0 Å². The molecule has 4 nitrogen and oxygen atoms in total. The summed E-state index contributed by atoms with van der Waals surface area (Å²) in [6.45, 7) is 10.4. The molecule has 0 aliphatic carbocycles. The molecule has 0 aromatic heterocycles. The molecule has 0 amide bonds. The van der Waals surface area contributed by atoms with Crippen molar-refractivity contribution in [2.75, 3.05) is 0 Å². The Balaban J connectivity index is 2.00. The van der Waals surface area contributed by atoms with Gasteiger partial charge in [0.25, 0.3) is 0 Å². The van der Waals surface area contributed by atoms with E-state index in [1.54, 1.807) is 24.3 Å². The average molecular weight is 510 g/mol. The molecule has 1 heterocycles. The molecule has 1 fully saturated rings. The molecule has 3 aromatic rings. The van der Waals surface area contributed by atoms with Gasteiger partial charge in [-0.25, -0.2) is 13.1 Å². The lowest BCUT2D eigenvalue weighted by molar-refractivity contribution is 0.176. The second-order valence-electron chi connectivity index (χ2n) is 10.9. The molecular formula is C29H36NO3PS. The van der Waals surface area contributed by atoms with E-state index in [9.17, 15) is 8.42 Å². The molecule has 0 unspecified atom stereocenters. The summed E-state index contributed by atoms with van der Waals surface area (Å²) in [5, 5.41) is 0.811. The summed E-state index contributed by atoms with van der Waals surface area (Å²) in [6.07, 6.45) is 0.445. The van der Waals surface area contributed by atoms with Gasteiger partial charge < -0.3 is 0 Å². The number of hydrogen-bond acceptors (Lipinski definition) is 3. The lowest BCUT2D eigenvalue weighted by Gasteiger charge is -2.44. The second kappa shape index (κ2) is 9.69. The van der Waals surface area contributed by atoms with Crippen LogP contribution in [0.15, 0.2) is 95.9 Å². The van der Waals surface area contributed by atoms with Crippen LogP contribution in [0.5, 0.6) is 0 Å². The molecule has 1 saturated heterocycles. The molecule has 6 heteroatoms. The molecule has 1 aliphatic rings. The molecule has 0 saturated carbocycles. The zero-order valence-corrected chi connectivity index (χ0v) is 22.9. The molecule has 0 bridgehead atoms. The van der Waals surface area contributed by atoms with Crippen molar-refractivity contribution in [2.24, 2.45) is 11.3 Å². The topological polar surface area (TPSA) is 54.5 Å². The smallest absolute Gasteiger partial charge is 0.207 e. The Labute approximate surface area is 210 Å². The molecule has 0 N–H and O–H groups in total. The number of benzene rings is 3. The molecule has 4 rings (SSSR count). The summed E-state index contributed by atoms with van der Waals surface area (Å²) < 4.78 is 45.8. The van der Waals surface area contributed by atoms with Crippen molar-refractivity contribution >= 4 is 27.7 Å². The summed E-state index contributed by atoms with van der Waals surface area (Å²) in [7, 11) is -7.02. The predicted octanol–water partition coefficient (Wildman–Crippen LogP) is 5.90. The maximum absolute atomic E-state index is 15.5. The summed E-state index contributed by atoms with van der Waals surface area (Å²) in [4.78, 5) is 0.331. The minimum atomic E-state index is -3.66. The third kappa shape index (κ3) is 4.67. The van der Waals surface area contributed by atoms with Gasteiger partial charge in [0.05, 0.1) is 10.1 Å². The summed E-state index contributed by atoms with van der Waals surface area (Å²) in [6, 6.07) is 27.3. The van der Waals surface area contributed by atoms with Crippen LogP contribution < -0.4 is 10.6 Å². The molecular weight excluding hydrogens is 473 g/mol. The van der Waals surface area contributed by atoms with Crippen molar-refractivity contribution in [2.45, 2.75) is 63.3 Å². The Morgan fingerprint density at radius 1 is 0.800 bits per heavy atom. The van der Waals surface area contributed by atoms with Crippen LogP contribution in [0.3, 0.4) is 0 Å². The highest BCUT2D eigenvalue weighted by Crippen LogP contribution is 2.59. The van der Waals surface area contributed by atoms with Gasteiger partial charge in [0.1, 0.15) is 0 Å². The van der Waals surface area contributed by atoms with E-state index < -0.39 is 33.8 Å². The van der Waals surface area contributed by atoms with Crippen LogP contribution in [0, 0.1) is 11.3 Å². The van der Waals surface area contributed by atoms with Crippen LogP contribution in [-0.2, 0) is 14.4 Å². The minimum absolute atomic E-state index is 0.122. The highest BCUT2D eigenvalue weighted by molar-refractivity contribution is 7.92. The van der Waals surface area contributed by atoms with E-state index in [1.165, 1.54) is 0 Å². The van der Waals surface area contributed by atoms with Crippen molar-refractivity contribution in [1.82, 2.24) is 4.67 Å². The molecule has 0 spiro atoms. The van der Waals surface area contributed by atoms with Gasteiger partial charge in [-0.15, -0.1) is 0 Å². The van der Waals surface area contributed by atoms with Gasteiger partial charge in [-0.1, -0.05) is 89.2 Å². The van der Waals surface area contributed by atoms with Crippen LogP contribution in [0.25, 0.3) is 0 Å². The van der Waals surface area contributed by atoms with Gasteiger partial charge >= 0.3 is 0 Å². The van der Waals surface area contributed by atoms with Crippen molar-refractivity contribution in [3.05, 3.63) is 91.0 Å². The zero-order valence-electron chi connectivity index (χ0n) is 21.2. The second-order valence-corrected chi connectivity index (χ2v) is 15.7. The fraction of sp³-hybridized carbons (Fsp3) is 0.379. The largest absolute Gasteiger partial charge is 0.296 e. The monoisotopic (exact) mass is 509 g/mol. The van der Waals surface area contributed by atoms with Gasteiger partial charge in [-0.3, -0.25) is 4.57 Å². The van der Waals surface area contributed by atoms with Crippen molar-refractivity contribution in [1.29, 1.82) is 0 Å². The Bertz CT molecular complexity index is 1240. The number of sulfone groups is 1. The minimum Gasteiger partial charge on any atom is -0.296 e. The normalized spacial score (nSPS) is 21.9. The van der Waals surface area contributed by atoms with Crippen LogP contribution >= 0.6 is 7.29 Å². The highest BCUT2D eigenvalue weighted by Gasteiger charge is 2.58. The van der Waals surface area contributed by atoms with E-state index in [2.05, 4.69) is 39.3 Å². The van der Waals surface area contributed by atoms with E-state index in [4.69, 9.17) is 0 Å². The van der Waals surface area contributed by atoms with Crippen molar-refractivity contribution in [3.8, 4) is 0 Å². The predicted molar refractivity (Wildman–Crippen MR) is 145 cm³/mol. The first-order valence-corrected chi connectivity index (χ1v) is 15.5. The summed E-state index contributed by atoms with van der Waals surface area (Å²) in [5.41, 5.74) is -0.435. The molecule has 1 aliphatic heterocycles. The SMILES string of the molecule is CC(C)[C@H]1C[C@H](S(=O)(=O)c2ccccc2)[C@@H](C(C)(C)C)N1P(=O)(c1ccccc1)c1ccccc1. The first-order chi connectivity index (χ1) is 16.5. The first kappa shape index (κ1) is 25.9. The molecule has 35 heavy (non-hydrogen) atoms. The summed E-state index contributed by atoms with van der Waals surface area (Å²) >= 11 is 0. The van der Waals surface area contributed by atoms with E-state index in [0.29, 0.717) is 11.3 Å². The molecule has 0 radical (unpaired) electrons. The van der Waals surface area contributed by atoms with Crippen molar-refractivity contribution in [3.63, 3.8) is 0 Å². The lowest BCUT2D eigenvalue weighted by Crippen LogP contribution is -2.50. The lowest BCUT2D eigenvalue weighted by atomic mass is 9.85. The Kier molecular flexibility index (Phi) is 7.16. The van der Waals surface area contributed by atoms with E-state index >= 15 is 4.57 Å². The fourth-order valence-corrected chi connectivity index (χ4v) is 11.5. The Morgan fingerprint density at radius 2 is 1.23 bits per heavy atom. The zero-order chi connectivity index (χ0) is 25.4. The molecule has 3 atom stereocenters. The van der Waals surface area contributed by atoms with Crippen LogP contribution in [0.2, 0.25) is 0 Å². The summed E-state index contributed by atoms with van der Waals surface area (Å²) in [5.74, 6) is 0.122. The third-order valence-corrected chi connectivity index (χ3v) is 12.5. The van der Waals surface area contributed by atoms with E-state index in [1.807, 2.05) is 66.7 Å². The third-order valence-electron chi connectivity index (χ3n) is 7.12.